The van der Waals surface area contributed by atoms with E-state index >= 15 is 0 Å². The molecule has 7 heteroatoms. The van der Waals surface area contributed by atoms with Crippen LogP contribution in [0.1, 0.15) is 44.0 Å². The minimum Gasteiger partial charge on any atom is -0.481 e. The van der Waals surface area contributed by atoms with Gasteiger partial charge < -0.3 is 14.4 Å². The number of hydrogen-bond acceptors (Lipinski definition) is 5. The van der Waals surface area contributed by atoms with E-state index in [0.29, 0.717) is 6.04 Å². The van der Waals surface area contributed by atoms with Gasteiger partial charge in [-0.25, -0.2) is 0 Å². The second-order valence-corrected chi connectivity index (χ2v) is 6.32. The molecule has 2 fully saturated rings. The molecular weight excluding hydrogens is 278 g/mol. The van der Waals surface area contributed by atoms with Gasteiger partial charge in [0.1, 0.15) is 5.82 Å². The van der Waals surface area contributed by atoms with Crippen LogP contribution in [0.4, 0.5) is 0 Å². The number of ether oxygens (including phenoxy) is 1. The first-order valence-electron chi connectivity index (χ1n) is 7.14. The van der Waals surface area contributed by atoms with Gasteiger partial charge in [-0.3, -0.25) is 4.79 Å². The molecule has 1 N–H and O–H groups in total. The summed E-state index contributed by atoms with van der Waals surface area (Å²) in [6.07, 6.45) is 6.73. The number of carboxylic acids is 1. The fourth-order valence-corrected chi connectivity index (χ4v) is 3.29. The van der Waals surface area contributed by atoms with Crippen LogP contribution in [0, 0.1) is 0 Å². The molecule has 1 unspecified atom stereocenters. The molecule has 1 aromatic heterocycles. The van der Waals surface area contributed by atoms with Crippen LogP contribution in [-0.2, 0) is 16.0 Å². The highest BCUT2D eigenvalue weighted by Crippen LogP contribution is 2.39. The number of thioether (sulfide) groups is 1. The van der Waals surface area contributed by atoms with Crippen molar-refractivity contribution < 1.29 is 14.6 Å². The summed E-state index contributed by atoms with van der Waals surface area (Å²) in [5, 5.41) is 18.0. The first kappa shape index (κ1) is 13.9. The Morgan fingerprint density at radius 2 is 2.20 bits per heavy atom. The molecule has 2 aliphatic rings. The van der Waals surface area contributed by atoms with Crippen LogP contribution in [-0.4, -0.2) is 44.3 Å². The zero-order chi connectivity index (χ0) is 13.9. The minimum atomic E-state index is -0.822. The first-order chi connectivity index (χ1) is 9.74. The second kappa shape index (κ2) is 6.13. The summed E-state index contributed by atoms with van der Waals surface area (Å²) in [5.74, 6) is 0.162. The molecule has 0 aromatic carbocycles. The molecule has 20 heavy (non-hydrogen) atoms. The lowest BCUT2D eigenvalue weighted by Crippen LogP contribution is -2.23. The summed E-state index contributed by atoms with van der Waals surface area (Å²) >= 11 is 1.26. The van der Waals surface area contributed by atoms with Gasteiger partial charge in [-0.1, -0.05) is 11.8 Å². The van der Waals surface area contributed by atoms with Crippen molar-refractivity contribution >= 4 is 17.7 Å². The Bertz CT molecular complexity index is 481. The smallest absolute Gasteiger partial charge is 0.313 e. The van der Waals surface area contributed by atoms with Crippen molar-refractivity contribution in [1.82, 2.24) is 14.8 Å². The van der Waals surface area contributed by atoms with E-state index in [4.69, 9.17) is 9.84 Å². The Hall–Kier alpha value is -1.08. The van der Waals surface area contributed by atoms with Crippen molar-refractivity contribution in [3.63, 3.8) is 0 Å². The molecule has 0 radical (unpaired) electrons. The first-order valence-corrected chi connectivity index (χ1v) is 8.12. The molecule has 1 saturated heterocycles. The molecule has 6 nitrogen and oxygen atoms in total. The predicted octanol–water partition coefficient (Wildman–Crippen LogP) is 1.90. The van der Waals surface area contributed by atoms with Crippen molar-refractivity contribution in [1.29, 1.82) is 0 Å². The van der Waals surface area contributed by atoms with Gasteiger partial charge in [0.25, 0.3) is 0 Å². The van der Waals surface area contributed by atoms with Crippen LogP contribution in [0.5, 0.6) is 0 Å². The SMILES string of the molecule is O=C(O)CSc1nnc(CC2CCCCO2)n1C1CC1. The zero-order valence-electron chi connectivity index (χ0n) is 11.3. The lowest BCUT2D eigenvalue weighted by Gasteiger charge is -2.22. The average Bonchev–Trinajstić information content (AvgIpc) is 3.20. The number of hydrogen-bond donors (Lipinski definition) is 1. The number of aromatic nitrogens is 3. The maximum Gasteiger partial charge on any atom is 0.313 e. The molecule has 1 saturated carbocycles. The average molecular weight is 297 g/mol. The van der Waals surface area contributed by atoms with Gasteiger partial charge in [-0.05, 0) is 32.1 Å². The molecule has 0 amide bonds. The van der Waals surface area contributed by atoms with E-state index in [9.17, 15) is 4.79 Å². The quantitative estimate of drug-likeness (QED) is 0.808. The van der Waals surface area contributed by atoms with Crippen LogP contribution in [0.25, 0.3) is 0 Å². The zero-order valence-corrected chi connectivity index (χ0v) is 12.1. The van der Waals surface area contributed by atoms with Gasteiger partial charge in [0, 0.05) is 19.1 Å². The molecule has 1 atom stereocenters. The maximum atomic E-state index is 10.7. The van der Waals surface area contributed by atoms with Crippen LogP contribution in [0.2, 0.25) is 0 Å². The normalized spacial score (nSPS) is 22.9. The fourth-order valence-electron chi connectivity index (χ4n) is 2.54. The van der Waals surface area contributed by atoms with Gasteiger partial charge in [-0.2, -0.15) is 0 Å². The third-order valence-corrected chi connectivity index (χ3v) is 4.58. The number of rotatable bonds is 6. The number of aliphatic carboxylic acids is 1. The summed E-state index contributed by atoms with van der Waals surface area (Å²) < 4.78 is 7.89. The second-order valence-electron chi connectivity index (χ2n) is 5.38. The lowest BCUT2D eigenvalue weighted by atomic mass is 10.1. The number of nitrogens with zero attached hydrogens (tertiary/aromatic N) is 3. The van der Waals surface area contributed by atoms with E-state index < -0.39 is 5.97 Å². The third kappa shape index (κ3) is 3.32. The van der Waals surface area contributed by atoms with E-state index in [2.05, 4.69) is 14.8 Å². The topological polar surface area (TPSA) is 77.2 Å². The van der Waals surface area contributed by atoms with E-state index in [1.165, 1.54) is 18.2 Å². The van der Waals surface area contributed by atoms with Crippen LogP contribution in [0.15, 0.2) is 5.16 Å². The highest BCUT2D eigenvalue weighted by atomic mass is 32.2. The summed E-state index contributed by atoms with van der Waals surface area (Å²) in [5.41, 5.74) is 0. The van der Waals surface area contributed by atoms with Gasteiger partial charge in [0.2, 0.25) is 0 Å². The Morgan fingerprint density at radius 3 is 2.85 bits per heavy atom. The Kier molecular flexibility index (Phi) is 4.26. The van der Waals surface area contributed by atoms with Gasteiger partial charge in [0.15, 0.2) is 5.16 Å². The van der Waals surface area contributed by atoms with Gasteiger partial charge >= 0.3 is 5.97 Å². The van der Waals surface area contributed by atoms with Crippen molar-refractivity contribution in [2.45, 2.75) is 55.8 Å². The number of carboxylic acid groups (broad SMARTS) is 1. The van der Waals surface area contributed by atoms with Crippen LogP contribution >= 0.6 is 11.8 Å². The third-order valence-electron chi connectivity index (χ3n) is 3.66. The number of carbonyl (C=O) groups is 1. The summed E-state index contributed by atoms with van der Waals surface area (Å²) in [6, 6.07) is 0.458. The summed E-state index contributed by atoms with van der Waals surface area (Å²) in [7, 11) is 0. The molecule has 110 valence electrons. The van der Waals surface area contributed by atoms with Crippen molar-refractivity contribution in [2.24, 2.45) is 0 Å². The monoisotopic (exact) mass is 297 g/mol. The van der Waals surface area contributed by atoms with E-state index in [-0.39, 0.29) is 11.9 Å². The Morgan fingerprint density at radius 1 is 1.35 bits per heavy atom. The Labute approximate surface area is 121 Å². The Balaban J connectivity index is 1.71. The summed E-state index contributed by atoms with van der Waals surface area (Å²) in [4.78, 5) is 10.7. The molecule has 1 aliphatic heterocycles. The molecular formula is C13H19N3O3S. The fraction of sp³-hybridized carbons (Fsp3) is 0.769. The molecule has 0 bridgehead atoms. The van der Waals surface area contributed by atoms with Crippen molar-refractivity contribution in [2.75, 3.05) is 12.4 Å². The molecule has 3 rings (SSSR count). The van der Waals surface area contributed by atoms with Gasteiger partial charge in [0.05, 0.1) is 11.9 Å². The van der Waals surface area contributed by atoms with E-state index in [1.54, 1.807) is 0 Å². The predicted molar refractivity (Wildman–Crippen MR) is 73.9 cm³/mol. The molecule has 1 aliphatic carbocycles. The lowest BCUT2D eigenvalue weighted by molar-refractivity contribution is -0.133. The highest BCUT2D eigenvalue weighted by Gasteiger charge is 2.31. The van der Waals surface area contributed by atoms with Crippen molar-refractivity contribution in [3.8, 4) is 0 Å². The van der Waals surface area contributed by atoms with E-state index in [1.807, 2.05) is 0 Å². The van der Waals surface area contributed by atoms with Crippen LogP contribution in [0.3, 0.4) is 0 Å². The van der Waals surface area contributed by atoms with Crippen molar-refractivity contribution in [3.05, 3.63) is 5.82 Å². The molecule has 2 heterocycles. The highest BCUT2D eigenvalue weighted by molar-refractivity contribution is 7.99. The van der Waals surface area contributed by atoms with Gasteiger partial charge in [-0.15, -0.1) is 10.2 Å². The maximum absolute atomic E-state index is 10.7. The summed E-state index contributed by atoms with van der Waals surface area (Å²) in [6.45, 7) is 0.836. The molecule has 1 aromatic rings. The van der Waals surface area contributed by atoms with E-state index in [0.717, 1.165) is 49.7 Å². The largest absolute Gasteiger partial charge is 0.481 e. The standard InChI is InChI=1S/C13H19N3O3S/c17-12(18)8-20-13-15-14-11(16(13)9-4-5-9)7-10-3-1-2-6-19-10/h9-10H,1-8H2,(H,17,18). The van der Waals surface area contributed by atoms with Crippen LogP contribution < -0.4 is 0 Å². The minimum absolute atomic E-state index is 0.0325. The molecule has 0 spiro atoms.